The quantitative estimate of drug-likeness (QED) is 0.505. The Morgan fingerprint density at radius 1 is 1.17 bits per heavy atom. The zero-order chi connectivity index (χ0) is 25.9. The van der Waals surface area contributed by atoms with Crippen LogP contribution in [-0.2, 0) is 14.3 Å². The number of phenolic OH excluding ortho intramolecular Hbond substituents is 1. The molecular weight excluding hydrogens is 470 g/mol. The van der Waals surface area contributed by atoms with E-state index < -0.39 is 29.6 Å². The maximum atomic E-state index is 13.7. The number of halogens is 1. The number of alkyl carbamates (subject to hydrolysis) is 1. The molecule has 1 saturated carbocycles. The van der Waals surface area contributed by atoms with Crippen molar-refractivity contribution in [2.24, 2.45) is 5.92 Å². The van der Waals surface area contributed by atoms with Gasteiger partial charge in [0.05, 0.1) is 10.7 Å². The van der Waals surface area contributed by atoms with E-state index >= 15 is 0 Å². The van der Waals surface area contributed by atoms with Crippen LogP contribution in [0.25, 0.3) is 0 Å². The van der Waals surface area contributed by atoms with Gasteiger partial charge in [0.15, 0.2) is 0 Å². The number of carbonyl (C=O) groups is 3. The van der Waals surface area contributed by atoms with Crippen LogP contribution in [0.5, 0.6) is 5.75 Å². The van der Waals surface area contributed by atoms with Crippen LogP contribution in [0.4, 0.5) is 10.5 Å². The summed E-state index contributed by atoms with van der Waals surface area (Å²) in [6, 6.07) is 10.3. The summed E-state index contributed by atoms with van der Waals surface area (Å²) in [6.07, 6.45) is -0.0365. The fourth-order valence-corrected chi connectivity index (χ4v) is 4.15. The monoisotopic (exact) mass is 501 g/mol. The molecule has 1 fully saturated rings. The Hall–Kier alpha value is -3.26. The molecule has 0 saturated heterocycles. The molecule has 8 nitrogen and oxygen atoms in total. The molecule has 9 heteroatoms. The summed E-state index contributed by atoms with van der Waals surface area (Å²) in [5, 5.41) is 16.3. The zero-order valence-corrected chi connectivity index (χ0v) is 21.3. The van der Waals surface area contributed by atoms with Gasteiger partial charge in [-0.15, -0.1) is 0 Å². The van der Waals surface area contributed by atoms with E-state index in [1.165, 1.54) is 11.0 Å². The number of rotatable bonds is 7. The number of phenols is 1. The van der Waals surface area contributed by atoms with Gasteiger partial charge in [-0.25, -0.2) is 4.79 Å². The number of para-hydroxylation sites is 2. The number of carbonyl (C=O) groups excluding carboxylic acids is 3. The molecule has 0 radical (unpaired) electrons. The summed E-state index contributed by atoms with van der Waals surface area (Å²) in [5.41, 5.74) is 0.747. The van der Waals surface area contributed by atoms with Gasteiger partial charge < -0.3 is 25.4 Å². The van der Waals surface area contributed by atoms with Gasteiger partial charge in [-0.3, -0.25) is 9.59 Å². The van der Waals surface area contributed by atoms with Gasteiger partial charge in [0, 0.05) is 11.6 Å². The number of benzene rings is 2. The smallest absolute Gasteiger partial charge is 0.408 e. The Morgan fingerprint density at radius 3 is 2.40 bits per heavy atom. The standard InChI is InChI=1S/C26H32ClN3O5/c1-15-9-8-11-18(27)22(15)29-24(33)23(17-10-6-7-12-20(17)31)30(19-13-16(19)2)21(32)14-28-25(34)35-26(3,4)5/h6-12,16,19,23,31H,13-14H2,1-5H3,(H,28,34)(H,29,33). The van der Waals surface area contributed by atoms with Crippen LogP contribution in [0.1, 0.15) is 51.3 Å². The zero-order valence-electron chi connectivity index (χ0n) is 20.6. The molecule has 35 heavy (non-hydrogen) atoms. The first-order valence-corrected chi connectivity index (χ1v) is 11.9. The summed E-state index contributed by atoms with van der Waals surface area (Å²) in [5.74, 6) is -0.949. The van der Waals surface area contributed by atoms with Gasteiger partial charge in [0.25, 0.3) is 5.91 Å². The van der Waals surface area contributed by atoms with Crippen LogP contribution >= 0.6 is 11.6 Å². The fourth-order valence-electron chi connectivity index (χ4n) is 3.88. The van der Waals surface area contributed by atoms with Crippen molar-refractivity contribution in [3.8, 4) is 5.75 Å². The summed E-state index contributed by atoms with van der Waals surface area (Å²) in [6.45, 7) is 8.60. The van der Waals surface area contributed by atoms with Gasteiger partial charge in [0.2, 0.25) is 5.91 Å². The molecule has 2 aromatic rings. The van der Waals surface area contributed by atoms with E-state index in [1.807, 2.05) is 19.9 Å². The van der Waals surface area contributed by atoms with Crippen LogP contribution < -0.4 is 10.6 Å². The van der Waals surface area contributed by atoms with E-state index in [-0.39, 0.29) is 29.8 Å². The van der Waals surface area contributed by atoms with E-state index in [0.717, 1.165) is 5.56 Å². The Bertz CT molecular complexity index is 1090. The Kier molecular flexibility index (Phi) is 7.95. The average molecular weight is 502 g/mol. The normalized spacial score (nSPS) is 17.8. The lowest BCUT2D eigenvalue weighted by atomic mass is 10.0. The van der Waals surface area contributed by atoms with Crippen molar-refractivity contribution in [2.75, 3.05) is 11.9 Å². The van der Waals surface area contributed by atoms with Crippen molar-refractivity contribution >= 4 is 35.2 Å². The van der Waals surface area contributed by atoms with Gasteiger partial charge in [-0.2, -0.15) is 0 Å². The molecule has 0 bridgehead atoms. The highest BCUT2D eigenvalue weighted by Crippen LogP contribution is 2.42. The van der Waals surface area contributed by atoms with Gasteiger partial charge >= 0.3 is 6.09 Å². The number of anilines is 1. The molecule has 0 spiro atoms. The summed E-state index contributed by atoms with van der Waals surface area (Å²) >= 11 is 6.33. The highest BCUT2D eigenvalue weighted by Gasteiger charge is 2.47. The van der Waals surface area contributed by atoms with Crippen LogP contribution in [0.15, 0.2) is 42.5 Å². The van der Waals surface area contributed by atoms with Crippen molar-refractivity contribution in [3.05, 3.63) is 58.6 Å². The molecule has 1 aliphatic rings. The number of nitrogens with one attached hydrogen (secondary N) is 2. The predicted octanol–water partition coefficient (Wildman–Crippen LogP) is 4.80. The Balaban J connectivity index is 1.94. The molecule has 0 heterocycles. The molecule has 0 aromatic heterocycles. The molecule has 1 aliphatic carbocycles. The van der Waals surface area contributed by atoms with E-state index in [9.17, 15) is 19.5 Å². The number of aromatic hydroxyl groups is 1. The van der Waals surface area contributed by atoms with Gasteiger partial charge in [-0.05, 0) is 57.7 Å². The Morgan fingerprint density at radius 2 is 1.83 bits per heavy atom. The molecule has 3 N–H and O–H groups in total. The average Bonchev–Trinajstić information content (AvgIpc) is 3.48. The molecule has 2 aromatic carbocycles. The molecule has 3 atom stereocenters. The molecular formula is C26H32ClN3O5. The largest absolute Gasteiger partial charge is 0.508 e. The van der Waals surface area contributed by atoms with Crippen LogP contribution in [0, 0.1) is 12.8 Å². The molecule has 3 rings (SSSR count). The van der Waals surface area contributed by atoms with Crippen LogP contribution in [-0.4, -0.2) is 46.1 Å². The highest BCUT2D eigenvalue weighted by atomic mass is 35.5. The lowest BCUT2D eigenvalue weighted by Crippen LogP contribution is -2.48. The SMILES string of the molecule is Cc1cccc(Cl)c1NC(=O)C(c1ccccc1O)N(C(=O)CNC(=O)OC(C)(C)C)C1CC1C. The Labute approximate surface area is 210 Å². The second kappa shape index (κ2) is 10.6. The summed E-state index contributed by atoms with van der Waals surface area (Å²) in [4.78, 5) is 40.7. The van der Waals surface area contributed by atoms with E-state index in [0.29, 0.717) is 17.1 Å². The van der Waals surface area contributed by atoms with E-state index in [4.69, 9.17) is 16.3 Å². The minimum absolute atomic E-state index is 0.116. The van der Waals surface area contributed by atoms with Crippen molar-refractivity contribution in [3.63, 3.8) is 0 Å². The third kappa shape index (κ3) is 6.66. The lowest BCUT2D eigenvalue weighted by Gasteiger charge is -2.32. The molecule has 3 amide bonds. The maximum Gasteiger partial charge on any atom is 0.408 e. The summed E-state index contributed by atoms with van der Waals surface area (Å²) in [7, 11) is 0. The minimum atomic E-state index is -1.14. The van der Waals surface area contributed by atoms with Crippen molar-refractivity contribution in [1.29, 1.82) is 0 Å². The van der Waals surface area contributed by atoms with Gasteiger partial charge in [0.1, 0.15) is 23.9 Å². The highest BCUT2D eigenvalue weighted by molar-refractivity contribution is 6.34. The third-order valence-electron chi connectivity index (χ3n) is 5.72. The predicted molar refractivity (Wildman–Crippen MR) is 134 cm³/mol. The minimum Gasteiger partial charge on any atom is -0.508 e. The van der Waals surface area contributed by atoms with E-state index in [1.54, 1.807) is 51.1 Å². The first-order chi connectivity index (χ1) is 16.4. The molecule has 188 valence electrons. The van der Waals surface area contributed by atoms with Crippen molar-refractivity contribution in [1.82, 2.24) is 10.2 Å². The number of hydrogen-bond donors (Lipinski definition) is 3. The number of nitrogens with zero attached hydrogens (tertiary/aromatic N) is 1. The number of hydrogen-bond acceptors (Lipinski definition) is 5. The first-order valence-electron chi connectivity index (χ1n) is 11.5. The maximum absolute atomic E-state index is 13.7. The van der Waals surface area contributed by atoms with Gasteiger partial charge in [-0.1, -0.05) is 48.9 Å². The number of aryl methyl sites for hydroxylation is 1. The first kappa shape index (κ1) is 26.3. The molecule has 3 unspecified atom stereocenters. The number of ether oxygens (including phenoxy) is 1. The van der Waals surface area contributed by atoms with Crippen LogP contribution in [0.3, 0.4) is 0 Å². The van der Waals surface area contributed by atoms with Crippen molar-refractivity contribution < 1.29 is 24.2 Å². The second-order valence-electron chi connectivity index (χ2n) is 9.82. The fraction of sp³-hybridized carbons (Fsp3) is 0.423. The summed E-state index contributed by atoms with van der Waals surface area (Å²) < 4.78 is 5.23. The number of amides is 3. The second-order valence-corrected chi connectivity index (χ2v) is 10.2. The van der Waals surface area contributed by atoms with E-state index in [2.05, 4.69) is 10.6 Å². The van der Waals surface area contributed by atoms with Crippen molar-refractivity contribution in [2.45, 2.75) is 58.7 Å². The topological polar surface area (TPSA) is 108 Å². The molecule has 0 aliphatic heterocycles. The van der Waals surface area contributed by atoms with Crippen LogP contribution in [0.2, 0.25) is 5.02 Å². The lowest BCUT2D eigenvalue weighted by molar-refractivity contribution is -0.139. The third-order valence-corrected chi connectivity index (χ3v) is 6.04.